The minimum atomic E-state index is -3.67. The number of aromatic nitrogens is 2. The SMILES string of the molecule is Cc1ccc(C(C)NS(=O)(=O)c2cn[nH]c2N)cc1. The number of nitrogens with zero attached hydrogens (tertiary/aromatic N) is 1. The molecule has 0 bridgehead atoms. The van der Waals surface area contributed by atoms with E-state index in [-0.39, 0.29) is 16.8 Å². The Kier molecular flexibility index (Phi) is 3.59. The van der Waals surface area contributed by atoms with Crippen molar-refractivity contribution < 1.29 is 8.42 Å². The molecule has 2 rings (SSSR count). The van der Waals surface area contributed by atoms with Gasteiger partial charge in [-0.05, 0) is 19.4 Å². The van der Waals surface area contributed by atoms with Crippen LogP contribution in [0.2, 0.25) is 0 Å². The molecular weight excluding hydrogens is 264 g/mol. The van der Waals surface area contributed by atoms with Crippen LogP contribution in [0.1, 0.15) is 24.1 Å². The van der Waals surface area contributed by atoms with Gasteiger partial charge in [0.2, 0.25) is 10.0 Å². The Balaban J connectivity index is 2.21. The number of rotatable bonds is 4. The number of hydrogen-bond acceptors (Lipinski definition) is 4. The van der Waals surface area contributed by atoms with Crippen molar-refractivity contribution in [3.05, 3.63) is 41.6 Å². The number of sulfonamides is 1. The van der Waals surface area contributed by atoms with Crippen molar-refractivity contribution >= 4 is 15.8 Å². The van der Waals surface area contributed by atoms with E-state index < -0.39 is 10.0 Å². The molecule has 0 aliphatic rings. The van der Waals surface area contributed by atoms with Crippen molar-refractivity contribution in [2.45, 2.75) is 24.8 Å². The Morgan fingerprint density at radius 2 is 1.95 bits per heavy atom. The highest BCUT2D eigenvalue weighted by atomic mass is 32.2. The first-order valence-corrected chi connectivity index (χ1v) is 7.26. The number of aryl methyl sites for hydroxylation is 1. The first kappa shape index (κ1) is 13.6. The summed E-state index contributed by atoms with van der Waals surface area (Å²) in [5.74, 6) is 0.0311. The van der Waals surface area contributed by atoms with E-state index in [0.717, 1.165) is 11.1 Å². The van der Waals surface area contributed by atoms with Crippen LogP contribution < -0.4 is 10.5 Å². The van der Waals surface area contributed by atoms with Crippen LogP contribution in [0.4, 0.5) is 5.82 Å². The van der Waals surface area contributed by atoms with E-state index >= 15 is 0 Å². The Morgan fingerprint density at radius 1 is 1.32 bits per heavy atom. The van der Waals surface area contributed by atoms with Gasteiger partial charge in [0.15, 0.2) is 0 Å². The normalized spacial score (nSPS) is 13.4. The van der Waals surface area contributed by atoms with Gasteiger partial charge in [-0.2, -0.15) is 5.10 Å². The Labute approximate surface area is 112 Å². The maximum absolute atomic E-state index is 12.1. The average molecular weight is 280 g/mol. The molecule has 2 aromatic rings. The van der Waals surface area contributed by atoms with Crippen LogP contribution in [0.5, 0.6) is 0 Å². The second-order valence-corrected chi connectivity index (χ2v) is 6.08. The molecule has 102 valence electrons. The van der Waals surface area contributed by atoms with E-state index in [2.05, 4.69) is 14.9 Å². The fourth-order valence-electron chi connectivity index (χ4n) is 1.72. The third-order valence-electron chi connectivity index (χ3n) is 2.83. The second kappa shape index (κ2) is 5.02. The Hall–Kier alpha value is -1.86. The van der Waals surface area contributed by atoms with Gasteiger partial charge in [0.1, 0.15) is 10.7 Å². The Bertz CT molecular complexity index is 661. The van der Waals surface area contributed by atoms with Crippen molar-refractivity contribution in [1.82, 2.24) is 14.9 Å². The van der Waals surface area contributed by atoms with Crippen molar-refractivity contribution in [3.8, 4) is 0 Å². The minimum Gasteiger partial charge on any atom is -0.383 e. The molecule has 7 heteroatoms. The summed E-state index contributed by atoms with van der Waals surface area (Å²) in [4.78, 5) is -0.0357. The monoisotopic (exact) mass is 280 g/mol. The maximum atomic E-state index is 12.1. The smallest absolute Gasteiger partial charge is 0.246 e. The molecule has 4 N–H and O–H groups in total. The van der Waals surface area contributed by atoms with E-state index in [1.54, 1.807) is 6.92 Å². The predicted molar refractivity (Wildman–Crippen MR) is 72.9 cm³/mol. The number of anilines is 1. The second-order valence-electron chi connectivity index (χ2n) is 4.40. The van der Waals surface area contributed by atoms with Gasteiger partial charge in [0, 0.05) is 6.04 Å². The highest BCUT2D eigenvalue weighted by Crippen LogP contribution is 2.19. The summed E-state index contributed by atoms with van der Waals surface area (Å²) in [6.45, 7) is 3.75. The lowest BCUT2D eigenvalue weighted by atomic mass is 10.1. The van der Waals surface area contributed by atoms with E-state index in [0.29, 0.717) is 0 Å². The zero-order valence-electron chi connectivity index (χ0n) is 10.7. The first-order chi connectivity index (χ1) is 8.90. The van der Waals surface area contributed by atoms with Gasteiger partial charge in [-0.15, -0.1) is 0 Å². The lowest BCUT2D eigenvalue weighted by Gasteiger charge is -2.14. The van der Waals surface area contributed by atoms with Gasteiger partial charge in [-0.25, -0.2) is 13.1 Å². The van der Waals surface area contributed by atoms with Crippen LogP contribution in [-0.2, 0) is 10.0 Å². The van der Waals surface area contributed by atoms with Crippen LogP contribution in [-0.4, -0.2) is 18.6 Å². The molecule has 0 spiro atoms. The molecule has 1 unspecified atom stereocenters. The number of nitrogens with two attached hydrogens (primary N) is 1. The van der Waals surface area contributed by atoms with Gasteiger partial charge >= 0.3 is 0 Å². The molecule has 1 atom stereocenters. The lowest BCUT2D eigenvalue weighted by Crippen LogP contribution is -2.27. The van der Waals surface area contributed by atoms with E-state index in [1.165, 1.54) is 6.20 Å². The zero-order chi connectivity index (χ0) is 14.0. The zero-order valence-corrected chi connectivity index (χ0v) is 11.5. The van der Waals surface area contributed by atoms with Gasteiger partial charge in [0.05, 0.1) is 6.20 Å². The molecule has 0 amide bonds. The summed E-state index contributed by atoms with van der Waals surface area (Å²) in [5, 5.41) is 6.01. The fraction of sp³-hybridized carbons (Fsp3) is 0.250. The number of nitrogens with one attached hydrogen (secondary N) is 2. The molecule has 6 nitrogen and oxygen atoms in total. The minimum absolute atomic E-state index is 0.0311. The maximum Gasteiger partial charge on any atom is 0.246 e. The number of benzene rings is 1. The van der Waals surface area contributed by atoms with Gasteiger partial charge in [-0.1, -0.05) is 29.8 Å². The predicted octanol–water partition coefficient (Wildman–Crippen LogP) is 1.34. The summed E-state index contributed by atoms with van der Waals surface area (Å²) >= 11 is 0. The summed E-state index contributed by atoms with van der Waals surface area (Å²) in [7, 11) is -3.67. The van der Waals surface area contributed by atoms with Gasteiger partial charge in [0.25, 0.3) is 0 Å². The highest BCUT2D eigenvalue weighted by molar-refractivity contribution is 7.89. The van der Waals surface area contributed by atoms with Crippen LogP contribution in [0.15, 0.2) is 35.4 Å². The molecule has 1 aromatic heterocycles. The molecule has 1 aromatic carbocycles. The quantitative estimate of drug-likeness (QED) is 0.786. The average Bonchev–Trinajstić information content (AvgIpc) is 2.76. The van der Waals surface area contributed by atoms with Crippen molar-refractivity contribution in [1.29, 1.82) is 0 Å². The topological polar surface area (TPSA) is 101 Å². The molecular formula is C12H16N4O2S. The lowest BCUT2D eigenvalue weighted by molar-refractivity contribution is 0.567. The first-order valence-electron chi connectivity index (χ1n) is 5.78. The van der Waals surface area contributed by atoms with E-state index in [4.69, 9.17) is 5.73 Å². The fourth-order valence-corrected chi connectivity index (χ4v) is 2.97. The van der Waals surface area contributed by atoms with E-state index in [9.17, 15) is 8.42 Å². The third-order valence-corrected chi connectivity index (χ3v) is 4.40. The molecule has 0 aliphatic heterocycles. The van der Waals surface area contributed by atoms with Crippen molar-refractivity contribution in [2.24, 2.45) is 0 Å². The summed E-state index contributed by atoms with van der Waals surface area (Å²) in [5.41, 5.74) is 7.53. The van der Waals surface area contributed by atoms with E-state index in [1.807, 2.05) is 31.2 Å². The molecule has 19 heavy (non-hydrogen) atoms. The standard InChI is InChI=1S/C12H16N4O2S/c1-8-3-5-10(6-4-8)9(2)16-19(17,18)11-7-14-15-12(11)13/h3-7,9,16H,1-2H3,(H3,13,14,15). The van der Waals surface area contributed by atoms with Crippen LogP contribution >= 0.6 is 0 Å². The van der Waals surface area contributed by atoms with Crippen molar-refractivity contribution in [2.75, 3.05) is 5.73 Å². The Morgan fingerprint density at radius 3 is 2.47 bits per heavy atom. The molecule has 0 fully saturated rings. The molecule has 0 aliphatic carbocycles. The van der Waals surface area contributed by atoms with Crippen LogP contribution in [0.25, 0.3) is 0 Å². The molecule has 0 saturated heterocycles. The van der Waals surface area contributed by atoms with Gasteiger partial charge < -0.3 is 5.73 Å². The van der Waals surface area contributed by atoms with Crippen LogP contribution in [0.3, 0.4) is 0 Å². The summed E-state index contributed by atoms with van der Waals surface area (Å²) in [6.07, 6.45) is 1.19. The van der Waals surface area contributed by atoms with Crippen molar-refractivity contribution in [3.63, 3.8) is 0 Å². The number of hydrogen-bond donors (Lipinski definition) is 3. The highest BCUT2D eigenvalue weighted by Gasteiger charge is 2.22. The summed E-state index contributed by atoms with van der Waals surface area (Å²) < 4.78 is 26.8. The number of nitrogen functional groups attached to an aromatic ring is 1. The number of H-pyrrole nitrogens is 1. The summed E-state index contributed by atoms with van der Waals surface area (Å²) in [6, 6.07) is 7.31. The van der Waals surface area contributed by atoms with Gasteiger partial charge in [-0.3, -0.25) is 5.10 Å². The largest absolute Gasteiger partial charge is 0.383 e. The third kappa shape index (κ3) is 2.94. The molecule has 1 heterocycles. The van der Waals surface area contributed by atoms with Crippen LogP contribution in [0, 0.1) is 6.92 Å². The molecule has 0 saturated carbocycles. The number of aromatic amines is 1. The molecule has 0 radical (unpaired) electrons.